The molecule has 0 spiro atoms. The van der Waals surface area contributed by atoms with E-state index in [1.807, 2.05) is 0 Å². The number of rotatable bonds is 1. The van der Waals surface area contributed by atoms with Gasteiger partial charge in [0, 0.05) is 13.1 Å². The molecule has 110 valence electrons. The maximum atomic E-state index is 12.5. The largest absolute Gasteiger partial charge is 0.481 e. The van der Waals surface area contributed by atoms with Gasteiger partial charge in [0.05, 0.1) is 11.8 Å². The summed E-state index contributed by atoms with van der Waals surface area (Å²) < 4.78 is 74.0. The van der Waals surface area contributed by atoms with Crippen molar-refractivity contribution in [2.24, 2.45) is 11.8 Å². The Morgan fingerprint density at radius 2 is 1.58 bits per heavy atom. The molecular formula is C9H9F6NO3. The SMILES string of the molecule is O=C(O)[C@@H]1C[C@@H](C(F)(F)F)CN(C(=O)C(F)(F)F)C1. The van der Waals surface area contributed by atoms with Crippen LogP contribution < -0.4 is 0 Å². The zero-order chi connectivity index (χ0) is 15.0. The number of likely N-dealkylation sites (tertiary alicyclic amines) is 1. The number of carbonyl (C=O) groups excluding carboxylic acids is 1. The fraction of sp³-hybridized carbons (Fsp3) is 0.778. The van der Waals surface area contributed by atoms with Gasteiger partial charge < -0.3 is 10.0 Å². The van der Waals surface area contributed by atoms with Crippen LogP contribution in [0.4, 0.5) is 26.3 Å². The smallest absolute Gasteiger partial charge is 0.471 e. The summed E-state index contributed by atoms with van der Waals surface area (Å²) in [5, 5.41) is 8.64. The van der Waals surface area contributed by atoms with E-state index in [0.717, 1.165) is 0 Å². The minimum atomic E-state index is -5.32. The Labute approximate surface area is 103 Å². The first kappa shape index (κ1) is 15.6. The summed E-state index contributed by atoms with van der Waals surface area (Å²) >= 11 is 0. The molecule has 0 unspecified atom stereocenters. The lowest BCUT2D eigenvalue weighted by molar-refractivity contribution is -0.208. The second-order valence-corrected chi connectivity index (χ2v) is 4.22. The lowest BCUT2D eigenvalue weighted by atomic mass is 9.88. The number of piperidine rings is 1. The van der Waals surface area contributed by atoms with Gasteiger partial charge >= 0.3 is 24.2 Å². The molecule has 0 aromatic rings. The van der Waals surface area contributed by atoms with E-state index in [9.17, 15) is 35.9 Å². The molecule has 1 amide bonds. The van der Waals surface area contributed by atoms with Crippen molar-refractivity contribution >= 4 is 11.9 Å². The molecule has 10 heteroatoms. The normalized spacial score (nSPS) is 25.3. The number of nitrogens with zero attached hydrogens (tertiary/aromatic N) is 1. The third-order valence-corrected chi connectivity index (χ3v) is 2.79. The van der Waals surface area contributed by atoms with Crippen molar-refractivity contribution in [2.45, 2.75) is 18.8 Å². The molecule has 1 fully saturated rings. The Morgan fingerprint density at radius 1 is 1.05 bits per heavy atom. The van der Waals surface area contributed by atoms with Crippen molar-refractivity contribution in [3.05, 3.63) is 0 Å². The van der Waals surface area contributed by atoms with Crippen molar-refractivity contribution in [3.8, 4) is 0 Å². The molecule has 0 aromatic carbocycles. The van der Waals surface area contributed by atoms with Crippen molar-refractivity contribution in [1.29, 1.82) is 0 Å². The first-order valence-corrected chi connectivity index (χ1v) is 5.08. The molecular weight excluding hydrogens is 284 g/mol. The highest BCUT2D eigenvalue weighted by Gasteiger charge is 2.51. The molecule has 19 heavy (non-hydrogen) atoms. The van der Waals surface area contributed by atoms with E-state index in [1.165, 1.54) is 0 Å². The first-order chi connectivity index (χ1) is 8.43. The van der Waals surface area contributed by atoms with Crippen LogP contribution in [0, 0.1) is 11.8 Å². The maximum absolute atomic E-state index is 12.5. The van der Waals surface area contributed by atoms with Crippen molar-refractivity contribution in [3.63, 3.8) is 0 Å². The molecule has 0 aliphatic carbocycles. The van der Waals surface area contributed by atoms with Crippen molar-refractivity contribution in [2.75, 3.05) is 13.1 Å². The highest BCUT2D eigenvalue weighted by atomic mass is 19.4. The van der Waals surface area contributed by atoms with E-state index in [4.69, 9.17) is 5.11 Å². The maximum Gasteiger partial charge on any atom is 0.471 e. The Hall–Kier alpha value is -1.48. The molecule has 1 saturated heterocycles. The van der Waals surface area contributed by atoms with E-state index in [1.54, 1.807) is 0 Å². The van der Waals surface area contributed by atoms with Gasteiger partial charge in [-0.3, -0.25) is 9.59 Å². The topological polar surface area (TPSA) is 57.6 Å². The molecule has 0 bridgehead atoms. The summed E-state index contributed by atoms with van der Waals surface area (Å²) in [7, 11) is 0. The Balaban J connectivity index is 2.94. The van der Waals surface area contributed by atoms with Crippen molar-refractivity contribution in [1.82, 2.24) is 4.90 Å². The van der Waals surface area contributed by atoms with Crippen molar-refractivity contribution < 1.29 is 41.0 Å². The van der Waals surface area contributed by atoms with Gasteiger partial charge in [-0.1, -0.05) is 0 Å². The monoisotopic (exact) mass is 293 g/mol. The third-order valence-electron chi connectivity index (χ3n) is 2.79. The molecule has 2 atom stereocenters. The number of alkyl halides is 6. The third kappa shape index (κ3) is 3.74. The summed E-state index contributed by atoms with van der Waals surface area (Å²) in [5.74, 6) is -8.04. The number of aliphatic carboxylic acids is 1. The van der Waals surface area contributed by atoms with Crippen LogP contribution in [0.2, 0.25) is 0 Å². The number of hydrogen-bond donors (Lipinski definition) is 1. The van der Waals surface area contributed by atoms with Gasteiger partial charge in [-0.15, -0.1) is 0 Å². The van der Waals surface area contributed by atoms with E-state index in [-0.39, 0.29) is 4.90 Å². The number of carbonyl (C=O) groups is 2. The number of hydrogen-bond acceptors (Lipinski definition) is 2. The lowest BCUT2D eigenvalue weighted by Gasteiger charge is -2.37. The molecule has 1 N–H and O–H groups in total. The predicted molar refractivity (Wildman–Crippen MR) is 47.9 cm³/mol. The van der Waals surface area contributed by atoms with Gasteiger partial charge in [0.2, 0.25) is 0 Å². The molecule has 1 aliphatic rings. The van der Waals surface area contributed by atoms with Gasteiger partial charge in [0.1, 0.15) is 0 Å². The Kier molecular flexibility index (Phi) is 4.01. The highest BCUT2D eigenvalue weighted by Crippen LogP contribution is 2.36. The van der Waals surface area contributed by atoms with E-state index in [2.05, 4.69) is 0 Å². The van der Waals surface area contributed by atoms with Gasteiger partial charge in [-0.05, 0) is 6.42 Å². The van der Waals surface area contributed by atoms with E-state index < -0.39 is 55.6 Å². The molecule has 1 rings (SSSR count). The summed E-state index contributed by atoms with van der Waals surface area (Å²) in [5.41, 5.74) is 0. The van der Waals surface area contributed by atoms with Crippen LogP contribution in [-0.4, -0.2) is 47.3 Å². The zero-order valence-corrected chi connectivity index (χ0v) is 9.25. The molecule has 1 heterocycles. The first-order valence-electron chi connectivity index (χ1n) is 5.08. The highest BCUT2D eigenvalue weighted by molar-refractivity contribution is 5.82. The summed E-state index contributed by atoms with van der Waals surface area (Å²) in [6, 6.07) is 0. The molecule has 4 nitrogen and oxygen atoms in total. The fourth-order valence-electron chi connectivity index (χ4n) is 1.86. The van der Waals surface area contributed by atoms with Crippen LogP contribution >= 0.6 is 0 Å². The Bertz CT molecular complexity index is 377. The van der Waals surface area contributed by atoms with Crippen LogP contribution in [0.15, 0.2) is 0 Å². The summed E-state index contributed by atoms with van der Waals surface area (Å²) in [6.07, 6.45) is -11.0. The second kappa shape index (κ2) is 4.89. The number of carboxylic acid groups (broad SMARTS) is 1. The van der Waals surface area contributed by atoms with Gasteiger partial charge in [0.25, 0.3) is 0 Å². The quantitative estimate of drug-likeness (QED) is 0.748. The minimum absolute atomic E-state index is 0.0968. The van der Waals surface area contributed by atoms with Gasteiger partial charge in [-0.25, -0.2) is 0 Å². The van der Waals surface area contributed by atoms with E-state index in [0.29, 0.717) is 0 Å². The van der Waals surface area contributed by atoms with Crippen LogP contribution in [0.5, 0.6) is 0 Å². The van der Waals surface area contributed by atoms with Crippen LogP contribution in [0.1, 0.15) is 6.42 Å². The fourth-order valence-corrected chi connectivity index (χ4v) is 1.86. The second-order valence-electron chi connectivity index (χ2n) is 4.22. The average Bonchev–Trinajstić information content (AvgIpc) is 2.24. The van der Waals surface area contributed by atoms with Crippen LogP contribution in [-0.2, 0) is 9.59 Å². The standard InChI is InChI=1S/C9H9F6NO3/c10-8(11,12)5-1-4(6(17)18)2-16(3-5)7(19)9(13,14)15/h4-5H,1-3H2,(H,17,18)/t4-,5-/m1/s1. The van der Waals surface area contributed by atoms with Crippen LogP contribution in [0.3, 0.4) is 0 Å². The van der Waals surface area contributed by atoms with Crippen LogP contribution in [0.25, 0.3) is 0 Å². The molecule has 0 aromatic heterocycles. The average molecular weight is 293 g/mol. The summed E-state index contributed by atoms with van der Waals surface area (Å²) in [4.78, 5) is 21.5. The Morgan fingerprint density at radius 3 is 1.95 bits per heavy atom. The zero-order valence-electron chi connectivity index (χ0n) is 9.25. The molecule has 0 radical (unpaired) electrons. The number of halogens is 6. The lowest BCUT2D eigenvalue weighted by Crippen LogP contribution is -2.53. The summed E-state index contributed by atoms with van der Waals surface area (Å²) in [6.45, 7) is -2.05. The number of amides is 1. The minimum Gasteiger partial charge on any atom is -0.481 e. The van der Waals surface area contributed by atoms with E-state index >= 15 is 0 Å². The predicted octanol–water partition coefficient (Wildman–Crippen LogP) is 1.66. The van der Waals surface area contributed by atoms with Gasteiger partial charge in [-0.2, -0.15) is 26.3 Å². The molecule has 0 saturated carbocycles. The molecule has 1 aliphatic heterocycles. The van der Waals surface area contributed by atoms with Gasteiger partial charge in [0.15, 0.2) is 0 Å². The number of carboxylic acids is 1.